The molecule has 186 valence electrons. The maximum atomic E-state index is 13.2. The molecule has 2 atom stereocenters. The number of anilines is 1. The van der Waals surface area contributed by atoms with E-state index in [0.717, 1.165) is 0 Å². The van der Waals surface area contributed by atoms with Crippen LogP contribution in [0.4, 0.5) is 5.69 Å². The second-order valence-corrected chi connectivity index (χ2v) is 8.30. The molecule has 0 radical (unpaired) electrons. The summed E-state index contributed by atoms with van der Waals surface area (Å²) in [6.45, 7) is 1.67. The molecule has 11 nitrogen and oxygen atoms in total. The molecule has 1 saturated heterocycles. The number of carbonyl (C=O) groups is 1. The van der Waals surface area contributed by atoms with Crippen LogP contribution in [0.2, 0.25) is 0 Å². The highest BCUT2D eigenvalue weighted by atomic mass is 16.5. The lowest BCUT2D eigenvalue weighted by atomic mass is 10.1. The Labute approximate surface area is 207 Å². The Kier molecular flexibility index (Phi) is 5.61. The van der Waals surface area contributed by atoms with E-state index in [0.29, 0.717) is 60.9 Å². The molecule has 5 rings (SSSR count). The van der Waals surface area contributed by atoms with Crippen LogP contribution in [0.1, 0.15) is 10.5 Å². The van der Waals surface area contributed by atoms with Crippen molar-refractivity contribution in [2.24, 2.45) is 0 Å². The number of carbonyl (C=O) groups excluding carboxylic acids is 1. The molecule has 2 aromatic heterocycles. The quantitative estimate of drug-likeness (QED) is 0.522. The Balaban J connectivity index is 1.54. The smallest absolute Gasteiger partial charge is 0.260 e. The Bertz CT molecular complexity index is 1320. The van der Waals surface area contributed by atoms with Crippen molar-refractivity contribution in [2.45, 2.75) is 18.6 Å². The van der Waals surface area contributed by atoms with Crippen LogP contribution in [0, 0.1) is 0 Å². The molecule has 1 fully saturated rings. The van der Waals surface area contributed by atoms with Gasteiger partial charge in [0.15, 0.2) is 11.4 Å². The van der Waals surface area contributed by atoms with Crippen molar-refractivity contribution in [1.29, 1.82) is 0 Å². The van der Waals surface area contributed by atoms with E-state index < -0.39 is 13.1 Å². The van der Waals surface area contributed by atoms with Gasteiger partial charge in [-0.1, -0.05) is 0 Å². The third-order valence-electron chi connectivity index (χ3n) is 6.17. The lowest BCUT2D eigenvalue weighted by molar-refractivity contribution is -0.138. The van der Waals surface area contributed by atoms with Gasteiger partial charge in [0.05, 0.1) is 49.9 Å². The van der Waals surface area contributed by atoms with Crippen LogP contribution in [0.25, 0.3) is 16.8 Å². The SMILES string of the molecule is [2H]C([2H])([2H])Oc1cc2cc(c1)-c1cnn3cc(OC)c(nc13)OC[C@@H]1CC(OCCOC)C(=O)N1CCN2. The van der Waals surface area contributed by atoms with E-state index >= 15 is 0 Å². The van der Waals surface area contributed by atoms with Crippen molar-refractivity contribution < 1.29 is 32.6 Å². The van der Waals surface area contributed by atoms with E-state index in [1.54, 1.807) is 41.1 Å². The van der Waals surface area contributed by atoms with Crippen molar-refractivity contribution in [1.82, 2.24) is 19.5 Å². The molecule has 0 saturated carbocycles. The Morgan fingerprint density at radius 2 is 2.17 bits per heavy atom. The van der Waals surface area contributed by atoms with Gasteiger partial charge in [0.25, 0.3) is 11.8 Å². The number of methoxy groups -OCH3 is 3. The van der Waals surface area contributed by atoms with Gasteiger partial charge in [0.1, 0.15) is 18.5 Å². The van der Waals surface area contributed by atoms with Gasteiger partial charge in [-0.25, -0.2) is 4.52 Å². The fraction of sp³-hybridized carbons (Fsp3) is 0.458. The Morgan fingerprint density at radius 3 is 3.00 bits per heavy atom. The largest absolute Gasteiger partial charge is 0.497 e. The first-order valence-electron chi connectivity index (χ1n) is 12.8. The van der Waals surface area contributed by atoms with Crippen molar-refractivity contribution in [3.63, 3.8) is 0 Å². The lowest BCUT2D eigenvalue weighted by Crippen LogP contribution is -2.41. The van der Waals surface area contributed by atoms with Crippen LogP contribution in [-0.4, -0.2) is 91.7 Å². The molecule has 4 bridgehead atoms. The third kappa shape index (κ3) is 4.56. The fourth-order valence-electron chi connectivity index (χ4n) is 4.44. The molecular weight excluding hydrogens is 454 g/mol. The summed E-state index contributed by atoms with van der Waals surface area (Å²) in [7, 11) is 0.461. The van der Waals surface area contributed by atoms with Gasteiger partial charge in [-0.2, -0.15) is 10.1 Å². The molecule has 11 heteroatoms. The Hall–Kier alpha value is -3.57. The molecule has 0 aliphatic carbocycles. The number of aromatic nitrogens is 3. The van der Waals surface area contributed by atoms with E-state index in [-0.39, 0.29) is 30.2 Å². The summed E-state index contributed by atoms with van der Waals surface area (Å²) in [5, 5.41) is 7.68. The highest BCUT2D eigenvalue weighted by Crippen LogP contribution is 2.34. The molecule has 4 heterocycles. The van der Waals surface area contributed by atoms with Crippen LogP contribution in [0.5, 0.6) is 17.4 Å². The van der Waals surface area contributed by atoms with Crippen molar-refractivity contribution in [3.8, 4) is 28.5 Å². The minimum atomic E-state index is -2.63. The Morgan fingerprint density at radius 1 is 1.26 bits per heavy atom. The van der Waals surface area contributed by atoms with Gasteiger partial charge in [-0.15, -0.1) is 0 Å². The normalized spacial score (nSPS) is 21.4. The second kappa shape index (κ2) is 9.96. The average Bonchev–Trinajstić information content (AvgIpc) is 3.41. The van der Waals surface area contributed by atoms with Crippen LogP contribution in [-0.2, 0) is 14.3 Å². The van der Waals surface area contributed by atoms with E-state index in [4.69, 9.17) is 27.8 Å². The molecule has 2 aliphatic rings. The average molecular weight is 487 g/mol. The summed E-state index contributed by atoms with van der Waals surface area (Å²) < 4.78 is 51.8. The number of ether oxygens (including phenoxy) is 5. The molecule has 1 aromatic carbocycles. The molecule has 0 spiro atoms. The number of hydrogen-bond acceptors (Lipinski definition) is 9. The van der Waals surface area contributed by atoms with Gasteiger partial charge in [0, 0.05) is 43.9 Å². The highest BCUT2D eigenvalue weighted by Gasteiger charge is 2.40. The van der Waals surface area contributed by atoms with E-state index in [1.807, 2.05) is 6.07 Å². The van der Waals surface area contributed by atoms with Crippen molar-refractivity contribution in [2.75, 3.05) is 59.5 Å². The van der Waals surface area contributed by atoms with Crippen molar-refractivity contribution in [3.05, 3.63) is 30.6 Å². The predicted octanol–water partition coefficient (Wildman–Crippen LogP) is 1.85. The maximum Gasteiger partial charge on any atom is 0.260 e. The topological polar surface area (TPSA) is 109 Å². The van der Waals surface area contributed by atoms with E-state index in [1.165, 1.54) is 7.11 Å². The number of rotatable bonds is 6. The molecule has 2 aliphatic heterocycles. The summed E-state index contributed by atoms with van der Waals surface area (Å²) in [4.78, 5) is 19.6. The van der Waals surface area contributed by atoms with Gasteiger partial charge in [-0.3, -0.25) is 4.79 Å². The summed E-state index contributed by atoms with van der Waals surface area (Å²) in [6, 6.07) is 4.82. The second-order valence-electron chi connectivity index (χ2n) is 8.30. The monoisotopic (exact) mass is 486 g/mol. The van der Waals surface area contributed by atoms with Crippen LogP contribution < -0.4 is 19.5 Å². The maximum absolute atomic E-state index is 13.2. The third-order valence-corrected chi connectivity index (χ3v) is 6.17. The first kappa shape index (κ1) is 19.7. The zero-order valence-corrected chi connectivity index (χ0v) is 19.5. The summed E-state index contributed by atoms with van der Waals surface area (Å²) in [6.07, 6.45) is 3.14. The molecule has 1 unspecified atom stereocenters. The van der Waals surface area contributed by atoms with Crippen LogP contribution in [0.15, 0.2) is 30.6 Å². The summed E-state index contributed by atoms with van der Waals surface area (Å²) in [5.41, 5.74) is 2.40. The van der Waals surface area contributed by atoms with E-state index in [2.05, 4.69) is 15.4 Å². The first-order valence-corrected chi connectivity index (χ1v) is 11.3. The van der Waals surface area contributed by atoms with Gasteiger partial charge < -0.3 is 33.9 Å². The standard InChI is InChI=1S/C24H29N5O6/c1-31-6-7-34-20-11-17-14-35-23-21(33-3)13-29-22(27-23)19(12-26-29)15-8-16(10-18(9-15)32-2)25-4-5-28(17)24(20)30/h8-10,12-13,17,20,25H,4-7,11,14H2,1-3H3/t17-,20?/m0/s1/i2D3. The molecule has 1 N–H and O–H groups in total. The highest BCUT2D eigenvalue weighted by molar-refractivity contribution is 5.84. The van der Waals surface area contributed by atoms with E-state index in [9.17, 15) is 4.79 Å². The first-order chi connectivity index (χ1) is 18.3. The van der Waals surface area contributed by atoms with Crippen molar-refractivity contribution >= 4 is 17.2 Å². The zero-order chi connectivity index (χ0) is 26.9. The predicted molar refractivity (Wildman–Crippen MR) is 127 cm³/mol. The number of benzene rings is 1. The van der Waals surface area contributed by atoms with Gasteiger partial charge >= 0.3 is 0 Å². The lowest BCUT2D eigenvalue weighted by Gasteiger charge is -2.25. The number of hydrogen-bond donors (Lipinski definition) is 1. The van der Waals surface area contributed by atoms with Crippen LogP contribution in [0.3, 0.4) is 0 Å². The minimum absolute atomic E-state index is 0.128. The fourth-order valence-corrected chi connectivity index (χ4v) is 4.44. The minimum Gasteiger partial charge on any atom is -0.497 e. The van der Waals surface area contributed by atoms with Crippen LogP contribution >= 0.6 is 0 Å². The number of nitrogens with one attached hydrogen (secondary N) is 1. The number of nitrogens with zero attached hydrogens (tertiary/aromatic N) is 4. The zero-order valence-electron chi connectivity index (χ0n) is 22.5. The number of amides is 1. The molecule has 1 amide bonds. The van der Waals surface area contributed by atoms with Gasteiger partial charge in [0.2, 0.25) is 0 Å². The summed E-state index contributed by atoms with van der Waals surface area (Å²) in [5.74, 6) is 0.661. The van der Waals surface area contributed by atoms with Gasteiger partial charge in [-0.05, 0) is 17.7 Å². The molecule has 3 aromatic rings. The summed E-state index contributed by atoms with van der Waals surface area (Å²) >= 11 is 0. The molecular formula is C24H29N5O6. The molecule has 35 heavy (non-hydrogen) atoms. The number of fused-ring (bicyclic) bond motifs is 5.